The first-order valence-electron chi connectivity index (χ1n) is 7.79. The molecule has 124 valence electrons. The minimum absolute atomic E-state index is 0.0817. The molecular formula is C16H26N2O3S. The highest BCUT2D eigenvalue weighted by atomic mass is 32.2. The van der Waals surface area contributed by atoms with Gasteiger partial charge in [-0.05, 0) is 42.5 Å². The summed E-state index contributed by atoms with van der Waals surface area (Å²) in [7, 11) is -3.44. The Morgan fingerprint density at radius 3 is 2.50 bits per heavy atom. The number of piperidine rings is 1. The van der Waals surface area contributed by atoms with Gasteiger partial charge in [0.05, 0.1) is 11.5 Å². The molecule has 0 amide bonds. The molecule has 22 heavy (non-hydrogen) atoms. The zero-order valence-electron chi connectivity index (χ0n) is 13.5. The fraction of sp³-hybridized carbons (Fsp3) is 0.625. The van der Waals surface area contributed by atoms with Crippen LogP contribution >= 0.6 is 0 Å². The van der Waals surface area contributed by atoms with Crippen LogP contribution in [0.4, 0.5) is 0 Å². The van der Waals surface area contributed by atoms with Gasteiger partial charge in [-0.1, -0.05) is 20.8 Å². The van der Waals surface area contributed by atoms with Crippen LogP contribution < -0.4 is 10.5 Å². The van der Waals surface area contributed by atoms with E-state index < -0.39 is 10.0 Å². The van der Waals surface area contributed by atoms with E-state index in [4.69, 9.17) is 10.5 Å². The molecule has 0 saturated carbocycles. The van der Waals surface area contributed by atoms with Crippen LogP contribution in [0.1, 0.15) is 27.2 Å². The second-order valence-corrected chi connectivity index (χ2v) is 8.41. The number of hydrogen-bond acceptors (Lipinski definition) is 4. The monoisotopic (exact) mass is 326 g/mol. The Labute approximate surface area is 133 Å². The molecule has 0 aliphatic carbocycles. The van der Waals surface area contributed by atoms with Crippen molar-refractivity contribution in [3.05, 3.63) is 24.3 Å². The maximum absolute atomic E-state index is 12.7. The first-order chi connectivity index (χ1) is 10.3. The van der Waals surface area contributed by atoms with Crippen molar-refractivity contribution in [2.45, 2.75) is 38.1 Å². The third-order valence-corrected chi connectivity index (χ3v) is 5.86. The fourth-order valence-corrected chi connectivity index (χ4v) is 4.02. The van der Waals surface area contributed by atoms with Crippen molar-refractivity contribution in [1.29, 1.82) is 0 Å². The Kier molecular flexibility index (Phi) is 5.47. The Morgan fingerprint density at radius 1 is 1.32 bits per heavy atom. The minimum atomic E-state index is -3.44. The number of benzene rings is 1. The highest BCUT2D eigenvalue weighted by Gasteiger charge is 2.31. The van der Waals surface area contributed by atoms with Crippen molar-refractivity contribution in [2.75, 3.05) is 19.7 Å². The van der Waals surface area contributed by atoms with Crippen molar-refractivity contribution in [3.63, 3.8) is 0 Å². The number of hydrogen-bond donors (Lipinski definition) is 1. The van der Waals surface area contributed by atoms with Gasteiger partial charge in [0.1, 0.15) is 5.75 Å². The summed E-state index contributed by atoms with van der Waals surface area (Å²) >= 11 is 0. The van der Waals surface area contributed by atoms with Crippen molar-refractivity contribution >= 4 is 10.0 Å². The van der Waals surface area contributed by atoms with E-state index in [9.17, 15) is 8.42 Å². The number of nitrogens with two attached hydrogens (primary N) is 1. The molecule has 1 saturated heterocycles. The van der Waals surface area contributed by atoms with E-state index in [0.29, 0.717) is 42.7 Å². The third-order valence-electron chi connectivity index (χ3n) is 3.98. The summed E-state index contributed by atoms with van der Waals surface area (Å²) in [5.74, 6) is 1.31. The quantitative estimate of drug-likeness (QED) is 0.899. The molecule has 5 nitrogen and oxygen atoms in total. The molecule has 1 aromatic carbocycles. The topological polar surface area (TPSA) is 72.6 Å². The molecular weight excluding hydrogens is 300 g/mol. The highest BCUT2D eigenvalue weighted by molar-refractivity contribution is 7.89. The molecule has 1 aliphatic rings. The molecule has 0 aromatic heterocycles. The molecule has 1 heterocycles. The maximum atomic E-state index is 12.7. The average molecular weight is 326 g/mol. The van der Waals surface area contributed by atoms with Crippen LogP contribution in [-0.2, 0) is 10.0 Å². The molecule has 2 N–H and O–H groups in total. The number of nitrogens with zero attached hydrogens (tertiary/aromatic N) is 1. The van der Waals surface area contributed by atoms with E-state index in [0.717, 1.165) is 0 Å². The Bertz CT molecular complexity index is 584. The molecule has 0 bridgehead atoms. The van der Waals surface area contributed by atoms with Gasteiger partial charge in [-0.3, -0.25) is 0 Å². The van der Waals surface area contributed by atoms with Crippen LogP contribution in [0.15, 0.2) is 29.2 Å². The smallest absolute Gasteiger partial charge is 0.243 e. The molecule has 2 unspecified atom stereocenters. The van der Waals surface area contributed by atoms with Crippen LogP contribution in [0.25, 0.3) is 0 Å². The van der Waals surface area contributed by atoms with E-state index in [1.165, 1.54) is 4.31 Å². The molecule has 2 rings (SSSR count). The average Bonchev–Trinajstić information content (AvgIpc) is 2.48. The first kappa shape index (κ1) is 17.2. The van der Waals surface area contributed by atoms with Gasteiger partial charge in [-0.2, -0.15) is 4.31 Å². The summed E-state index contributed by atoms with van der Waals surface area (Å²) in [5.41, 5.74) is 5.96. The van der Waals surface area contributed by atoms with Crippen LogP contribution in [0.2, 0.25) is 0 Å². The first-order valence-corrected chi connectivity index (χ1v) is 9.23. The van der Waals surface area contributed by atoms with Gasteiger partial charge in [0.2, 0.25) is 10.0 Å². The van der Waals surface area contributed by atoms with E-state index in [-0.39, 0.29) is 12.0 Å². The lowest BCUT2D eigenvalue weighted by atomic mass is 9.96. The number of sulfonamides is 1. The van der Waals surface area contributed by atoms with Crippen LogP contribution in [0.3, 0.4) is 0 Å². The molecule has 1 aromatic rings. The Morgan fingerprint density at radius 2 is 1.95 bits per heavy atom. The predicted molar refractivity (Wildman–Crippen MR) is 87.3 cm³/mol. The molecule has 6 heteroatoms. The largest absolute Gasteiger partial charge is 0.493 e. The summed E-state index contributed by atoms with van der Waals surface area (Å²) in [6.45, 7) is 7.72. The normalized spacial score (nSPS) is 23.7. The summed E-state index contributed by atoms with van der Waals surface area (Å²) in [6.07, 6.45) is 0.704. The lowest BCUT2D eigenvalue weighted by molar-refractivity contribution is 0.250. The van der Waals surface area contributed by atoms with Crippen molar-refractivity contribution < 1.29 is 13.2 Å². The second kappa shape index (κ2) is 6.98. The van der Waals surface area contributed by atoms with E-state index in [1.54, 1.807) is 24.3 Å². The SMILES string of the molecule is CC(C)COc1ccc(S(=O)(=O)N2CCC(N)C(C)C2)cc1. The highest BCUT2D eigenvalue weighted by Crippen LogP contribution is 2.24. The van der Waals surface area contributed by atoms with Crippen molar-refractivity contribution in [3.8, 4) is 5.75 Å². The lowest BCUT2D eigenvalue weighted by Crippen LogP contribution is -2.48. The van der Waals surface area contributed by atoms with E-state index >= 15 is 0 Å². The van der Waals surface area contributed by atoms with Gasteiger partial charge in [0.25, 0.3) is 0 Å². The Balaban J connectivity index is 2.09. The van der Waals surface area contributed by atoms with Gasteiger partial charge in [-0.15, -0.1) is 0 Å². The maximum Gasteiger partial charge on any atom is 0.243 e. The summed E-state index contributed by atoms with van der Waals surface area (Å²) < 4.78 is 32.4. The summed E-state index contributed by atoms with van der Waals surface area (Å²) in [6, 6.07) is 6.75. The fourth-order valence-electron chi connectivity index (χ4n) is 2.46. The molecule has 1 fully saturated rings. The van der Waals surface area contributed by atoms with E-state index in [2.05, 4.69) is 13.8 Å². The van der Waals surface area contributed by atoms with Gasteiger partial charge >= 0.3 is 0 Å². The molecule has 1 aliphatic heterocycles. The van der Waals surface area contributed by atoms with Gasteiger partial charge in [0.15, 0.2) is 0 Å². The third kappa shape index (κ3) is 4.00. The zero-order chi connectivity index (χ0) is 16.3. The lowest BCUT2D eigenvalue weighted by Gasteiger charge is -2.34. The van der Waals surface area contributed by atoms with E-state index in [1.807, 2.05) is 6.92 Å². The minimum Gasteiger partial charge on any atom is -0.493 e. The number of ether oxygens (including phenoxy) is 1. The van der Waals surface area contributed by atoms with Crippen molar-refractivity contribution in [2.24, 2.45) is 17.6 Å². The molecule has 0 spiro atoms. The molecule has 2 atom stereocenters. The Hall–Kier alpha value is -1.11. The zero-order valence-corrected chi connectivity index (χ0v) is 14.3. The van der Waals surface area contributed by atoms with Gasteiger partial charge in [0, 0.05) is 19.1 Å². The van der Waals surface area contributed by atoms with Crippen LogP contribution in [-0.4, -0.2) is 38.5 Å². The van der Waals surface area contributed by atoms with Crippen LogP contribution in [0.5, 0.6) is 5.75 Å². The second-order valence-electron chi connectivity index (χ2n) is 6.47. The summed E-state index contributed by atoms with van der Waals surface area (Å²) in [5, 5.41) is 0. The van der Waals surface area contributed by atoms with Gasteiger partial charge in [-0.25, -0.2) is 8.42 Å². The summed E-state index contributed by atoms with van der Waals surface area (Å²) in [4.78, 5) is 0.312. The standard InChI is InChI=1S/C16H26N2O3S/c1-12(2)11-21-14-4-6-15(7-5-14)22(19,20)18-9-8-16(17)13(3)10-18/h4-7,12-13,16H,8-11,17H2,1-3H3. The molecule has 0 radical (unpaired) electrons. The number of rotatable bonds is 5. The van der Waals surface area contributed by atoms with Crippen LogP contribution in [0, 0.1) is 11.8 Å². The van der Waals surface area contributed by atoms with Gasteiger partial charge < -0.3 is 10.5 Å². The predicted octanol–water partition coefficient (Wildman–Crippen LogP) is 2.08. The van der Waals surface area contributed by atoms with Crippen molar-refractivity contribution in [1.82, 2.24) is 4.31 Å².